The second-order valence-electron chi connectivity index (χ2n) is 5.27. The summed E-state index contributed by atoms with van der Waals surface area (Å²) in [6.07, 6.45) is 1.45. The summed E-state index contributed by atoms with van der Waals surface area (Å²) >= 11 is 16.9. The number of thiocarbonyl (C=S) groups is 1. The summed E-state index contributed by atoms with van der Waals surface area (Å²) in [7, 11) is 1.71. The maximum Gasteiger partial charge on any atom is 0.189 e. The number of phenols is 1. The normalized spacial score (nSPS) is 11.7. The Balaban J connectivity index is 2.85. The van der Waals surface area contributed by atoms with Gasteiger partial charge in [-0.2, -0.15) is 5.10 Å². The van der Waals surface area contributed by atoms with E-state index in [4.69, 9.17) is 35.4 Å². The molecule has 0 atom stereocenters. The van der Waals surface area contributed by atoms with Gasteiger partial charge >= 0.3 is 0 Å². The van der Waals surface area contributed by atoms with Gasteiger partial charge in [-0.15, -0.1) is 0 Å². The number of nitrogens with one attached hydrogen (secondary N) is 1. The highest BCUT2D eigenvalue weighted by atomic mass is 35.5. The molecule has 0 aliphatic carbocycles. The number of aromatic hydroxyl groups is 1. The summed E-state index contributed by atoms with van der Waals surface area (Å²) in [5.74, 6) is -0.0667. The molecule has 4 nitrogen and oxygen atoms in total. The van der Waals surface area contributed by atoms with E-state index in [0.29, 0.717) is 15.7 Å². The molecule has 0 fully saturated rings. The molecule has 0 bridgehead atoms. The zero-order chi connectivity index (χ0) is 15.5. The van der Waals surface area contributed by atoms with Crippen molar-refractivity contribution in [3.05, 3.63) is 27.7 Å². The topological polar surface area (TPSA) is 47.9 Å². The first-order chi connectivity index (χ1) is 9.10. The van der Waals surface area contributed by atoms with Crippen molar-refractivity contribution >= 4 is 46.7 Å². The van der Waals surface area contributed by atoms with Crippen LogP contribution in [0.15, 0.2) is 17.2 Å². The summed E-state index contributed by atoms with van der Waals surface area (Å²) in [5.41, 5.74) is 0.274. The molecule has 20 heavy (non-hydrogen) atoms. The molecule has 1 rings (SSSR count). The van der Waals surface area contributed by atoms with Crippen molar-refractivity contribution < 1.29 is 5.11 Å². The average Bonchev–Trinajstić information content (AvgIpc) is 2.29. The molecule has 0 heterocycles. The minimum atomic E-state index is -0.150. The maximum atomic E-state index is 9.81. The molecule has 1 aromatic rings. The van der Waals surface area contributed by atoms with Gasteiger partial charge < -0.3 is 10.4 Å². The number of hydrogen-bond donors (Lipinski definition) is 2. The minimum Gasteiger partial charge on any atom is -0.506 e. The number of halogens is 2. The van der Waals surface area contributed by atoms with Gasteiger partial charge in [-0.25, -0.2) is 5.01 Å². The van der Waals surface area contributed by atoms with Gasteiger partial charge in [0.15, 0.2) is 5.11 Å². The highest BCUT2D eigenvalue weighted by molar-refractivity contribution is 7.80. The fourth-order valence-corrected chi connectivity index (χ4v) is 2.15. The highest BCUT2D eigenvalue weighted by Crippen LogP contribution is 2.30. The Labute approximate surface area is 134 Å². The Hall–Kier alpha value is -1.04. The van der Waals surface area contributed by atoms with Crippen molar-refractivity contribution in [3.8, 4) is 5.75 Å². The Morgan fingerprint density at radius 1 is 1.40 bits per heavy atom. The van der Waals surface area contributed by atoms with Crippen molar-refractivity contribution in [2.45, 2.75) is 26.3 Å². The van der Waals surface area contributed by atoms with E-state index in [2.05, 4.69) is 10.4 Å². The second kappa shape index (κ2) is 6.61. The summed E-state index contributed by atoms with van der Waals surface area (Å²) < 4.78 is 0. The molecule has 0 aliphatic rings. The molecule has 2 N–H and O–H groups in total. The predicted molar refractivity (Wildman–Crippen MR) is 89.0 cm³/mol. The number of benzene rings is 1. The molecule has 0 aromatic heterocycles. The fraction of sp³-hybridized carbons (Fsp3) is 0.385. The van der Waals surface area contributed by atoms with Gasteiger partial charge in [0, 0.05) is 23.2 Å². The Bertz CT molecular complexity index is 541. The van der Waals surface area contributed by atoms with Gasteiger partial charge in [-0.3, -0.25) is 0 Å². The number of nitrogens with zero attached hydrogens (tertiary/aromatic N) is 2. The highest BCUT2D eigenvalue weighted by Gasteiger charge is 2.13. The van der Waals surface area contributed by atoms with Crippen LogP contribution < -0.4 is 5.32 Å². The van der Waals surface area contributed by atoms with Crippen molar-refractivity contribution in [2.24, 2.45) is 5.10 Å². The van der Waals surface area contributed by atoms with Crippen LogP contribution in [-0.4, -0.2) is 34.0 Å². The van der Waals surface area contributed by atoms with Crippen molar-refractivity contribution in [1.82, 2.24) is 10.3 Å². The molecule has 0 aliphatic heterocycles. The lowest BCUT2D eigenvalue weighted by Crippen LogP contribution is -2.45. The molecule has 0 spiro atoms. The van der Waals surface area contributed by atoms with Crippen LogP contribution in [0.1, 0.15) is 26.3 Å². The van der Waals surface area contributed by atoms with E-state index in [1.807, 2.05) is 20.8 Å². The lowest BCUT2D eigenvalue weighted by Gasteiger charge is -2.25. The number of phenolic OH excluding ortho intramolecular Hbond substituents is 1. The van der Waals surface area contributed by atoms with Gasteiger partial charge in [0.1, 0.15) is 5.75 Å². The first-order valence-electron chi connectivity index (χ1n) is 5.88. The Kier molecular flexibility index (Phi) is 5.62. The predicted octanol–water partition coefficient (Wildman–Crippen LogP) is 3.64. The molecule has 0 unspecified atom stereocenters. The Morgan fingerprint density at radius 3 is 2.55 bits per heavy atom. The average molecular weight is 334 g/mol. The van der Waals surface area contributed by atoms with Crippen LogP contribution in [0.2, 0.25) is 10.0 Å². The summed E-state index contributed by atoms with van der Waals surface area (Å²) in [6, 6.07) is 3.03. The van der Waals surface area contributed by atoms with E-state index >= 15 is 0 Å². The smallest absolute Gasteiger partial charge is 0.189 e. The third-order valence-corrected chi connectivity index (χ3v) is 3.08. The van der Waals surface area contributed by atoms with Crippen LogP contribution in [0.5, 0.6) is 5.75 Å². The number of rotatable bonds is 2. The second-order valence-corrected chi connectivity index (χ2v) is 6.50. The summed E-state index contributed by atoms with van der Waals surface area (Å²) in [5, 5.41) is 19.7. The van der Waals surface area contributed by atoms with Gasteiger partial charge in [-0.1, -0.05) is 23.2 Å². The summed E-state index contributed by atoms with van der Waals surface area (Å²) in [6.45, 7) is 6.00. The third-order valence-electron chi connectivity index (χ3n) is 2.20. The Morgan fingerprint density at radius 2 is 2.00 bits per heavy atom. The molecule has 7 heteroatoms. The standard InChI is InChI=1S/C13H17Cl2N3OS/c1-13(2,3)17-12(20)18(4)16-7-8-5-9(14)6-10(15)11(8)19/h5-7,19H,1-4H3,(H,17,20)/b16-7-. The first-order valence-corrected chi connectivity index (χ1v) is 7.04. The van der Waals surface area contributed by atoms with Gasteiger partial charge in [0.2, 0.25) is 0 Å². The number of hydrogen-bond acceptors (Lipinski definition) is 3. The van der Waals surface area contributed by atoms with Crippen molar-refractivity contribution in [3.63, 3.8) is 0 Å². The number of hydrazone groups is 1. The first kappa shape index (κ1) is 17.0. The molecule has 0 saturated carbocycles. The monoisotopic (exact) mass is 333 g/mol. The van der Waals surface area contributed by atoms with Crippen LogP contribution in [0.4, 0.5) is 0 Å². The van der Waals surface area contributed by atoms with Crippen LogP contribution in [0.25, 0.3) is 0 Å². The van der Waals surface area contributed by atoms with Crippen molar-refractivity contribution in [1.29, 1.82) is 0 Å². The van der Waals surface area contributed by atoms with E-state index in [0.717, 1.165) is 0 Å². The molecular weight excluding hydrogens is 317 g/mol. The van der Waals surface area contributed by atoms with Gasteiger partial charge in [0.25, 0.3) is 0 Å². The van der Waals surface area contributed by atoms with E-state index in [1.165, 1.54) is 17.3 Å². The van der Waals surface area contributed by atoms with Crippen LogP contribution in [0.3, 0.4) is 0 Å². The molecule has 1 aromatic carbocycles. The van der Waals surface area contributed by atoms with Crippen molar-refractivity contribution in [2.75, 3.05) is 7.05 Å². The van der Waals surface area contributed by atoms with E-state index in [1.54, 1.807) is 13.1 Å². The fourth-order valence-electron chi connectivity index (χ4n) is 1.29. The molecule has 0 amide bonds. The molecule has 110 valence electrons. The maximum absolute atomic E-state index is 9.81. The van der Waals surface area contributed by atoms with E-state index < -0.39 is 0 Å². The van der Waals surface area contributed by atoms with Gasteiger partial charge in [-0.05, 0) is 45.1 Å². The van der Waals surface area contributed by atoms with Crippen LogP contribution in [0, 0.1) is 0 Å². The van der Waals surface area contributed by atoms with Crippen LogP contribution >= 0.6 is 35.4 Å². The SMILES string of the molecule is CN(/N=C\c1cc(Cl)cc(Cl)c1O)C(=S)NC(C)(C)C. The minimum absolute atomic E-state index is 0.0667. The molecular formula is C13H17Cl2N3OS. The summed E-state index contributed by atoms with van der Waals surface area (Å²) in [4.78, 5) is 0. The largest absolute Gasteiger partial charge is 0.506 e. The zero-order valence-electron chi connectivity index (χ0n) is 11.7. The lowest BCUT2D eigenvalue weighted by atomic mass is 10.1. The lowest BCUT2D eigenvalue weighted by molar-refractivity contribution is 0.454. The van der Waals surface area contributed by atoms with Gasteiger partial charge in [0.05, 0.1) is 11.2 Å². The van der Waals surface area contributed by atoms with E-state index in [9.17, 15) is 5.11 Å². The molecule has 0 radical (unpaired) electrons. The zero-order valence-corrected chi connectivity index (χ0v) is 14.1. The van der Waals surface area contributed by atoms with E-state index in [-0.39, 0.29) is 16.3 Å². The van der Waals surface area contributed by atoms with Crippen LogP contribution in [-0.2, 0) is 0 Å². The third kappa shape index (κ3) is 5.15. The quantitative estimate of drug-likeness (QED) is 0.492. The molecule has 0 saturated heterocycles.